The lowest BCUT2D eigenvalue weighted by Gasteiger charge is -2.32. The molecular formula is C29H32N6O3. The minimum Gasteiger partial charge on any atom is -0.481 e. The maximum atomic E-state index is 13.1. The van der Waals surface area contributed by atoms with Gasteiger partial charge in [-0.1, -0.05) is 62.6 Å². The molecule has 0 atom stereocenters. The van der Waals surface area contributed by atoms with Crippen molar-refractivity contribution in [3.05, 3.63) is 60.2 Å². The number of carbonyl (C=O) groups excluding carboxylic acids is 1. The van der Waals surface area contributed by atoms with Crippen molar-refractivity contribution in [3.63, 3.8) is 0 Å². The number of aromatic amines is 1. The number of nitrogens with zero attached hydrogens (tertiary/aromatic N) is 5. The van der Waals surface area contributed by atoms with Gasteiger partial charge in [0.05, 0.1) is 16.6 Å². The molecule has 0 aliphatic heterocycles. The molecule has 0 unspecified atom stereocenters. The first-order valence-corrected chi connectivity index (χ1v) is 13.2. The van der Waals surface area contributed by atoms with E-state index in [-0.39, 0.29) is 12.5 Å². The number of H-pyrrole nitrogens is 1. The van der Waals surface area contributed by atoms with Crippen molar-refractivity contribution >= 4 is 22.8 Å². The molecule has 4 aromatic rings. The van der Waals surface area contributed by atoms with Crippen LogP contribution in [0.1, 0.15) is 57.4 Å². The normalized spacial score (nSPS) is 14.6. The van der Waals surface area contributed by atoms with Crippen LogP contribution in [0.4, 0.5) is 0 Å². The molecular weight excluding hydrogens is 480 g/mol. The van der Waals surface area contributed by atoms with E-state index in [1.165, 1.54) is 0 Å². The quantitative estimate of drug-likeness (QED) is 0.297. The van der Waals surface area contributed by atoms with E-state index in [0.29, 0.717) is 31.6 Å². The number of aliphatic carboxylic acids is 1. The molecule has 1 amide bonds. The van der Waals surface area contributed by atoms with Gasteiger partial charge in [0.1, 0.15) is 0 Å². The Morgan fingerprint density at radius 1 is 1.03 bits per heavy atom. The predicted molar refractivity (Wildman–Crippen MR) is 144 cm³/mol. The SMILES string of the molecule is CCCCC(=O)N(Cc1ccc2nc(-c3ccc(-c4nn[nH]n4)cc3)ccc2c1)CC1(C(=O)O)CCCC1. The summed E-state index contributed by atoms with van der Waals surface area (Å²) in [7, 11) is 0. The summed E-state index contributed by atoms with van der Waals surface area (Å²) in [5.41, 5.74) is 3.69. The average molecular weight is 513 g/mol. The first kappa shape index (κ1) is 25.5. The zero-order valence-electron chi connectivity index (χ0n) is 21.6. The van der Waals surface area contributed by atoms with E-state index in [9.17, 15) is 14.7 Å². The highest BCUT2D eigenvalue weighted by Crippen LogP contribution is 2.39. The summed E-state index contributed by atoms with van der Waals surface area (Å²) in [6.45, 7) is 2.72. The largest absolute Gasteiger partial charge is 0.481 e. The van der Waals surface area contributed by atoms with Gasteiger partial charge in [0.2, 0.25) is 11.7 Å². The fourth-order valence-electron chi connectivity index (χ4n) is 5.30. The van der Waals surface area contributed by atoms with Crippen LogP contribution in [0.2, 0.25) is 0 Å². The minimum absolute atomic E-state index is 0.0252. The molecule has 0 bridgehead atoms. The molecule has 1 saturated carbocycles. The second-order valence-electron chi connectivity index (χ2n) is 10.2. The molecule has 196 valence electrons. The third-order valence-corrected chi connectivity index (χ3v) is 7.52. The lowest BCUT2D eigenvalue weighted by Crippen LogP contribution is -2.43. The first-order valence-electron chi connectivity index (χ1n) is 13.2. The summed E-state index contributed by atoms with van der Waals surface area (Å²) >= 11 is 0. The summed E-state index contributed by atoms with van der Waals surface area (Å²) in [5, 5.41) is 25.1. The van der Waals surface area contributed by atoms with E-state index in [0.717, 1.165) is 59.0 Å². The van der Waals surface area contributed by atoms with E-state index in [4.69, 9.17) is 4.98 Å². The monoisotopic (exact) mass is 512 g/mol. The van der Waals surface area contributed by atoms with Crippen molar-refractivity contribution < 1.29 is 14.7 Å². The van der Waals surface area contributed by atoms with Crippen LogP contribution in [0, 0.1) is 5.41 Å². The first-order chi connectivity index (χ1) is 18.5. The highest BCUT2D eigenvalue weighted by molar-refractivity contribution is 5.83. The highest BCUT2D eigenvalue weighted by Gasteiger charge is 2.43. The van der Waals surface area contributed by atoms with Gasteiger partial charge < -0.3 is 10.0 Å². The van der Waals surface area contributed by atoms with E-state index in [2.05, 4.69) is 27.5 Å². The Morgan fingerprint density at radius 2 is 1.79 bits per heavy atom. The van der Waals surface area contributed by atoms with Crippen LogP contribution < -0.4 is 0 Å². The fraction of sp³-hybridized carbons (Fsp3) is 0.379. The number of amides is 1. The Kier molecular flexibility index (Phi) is 7.44. The third-order valence-electron chi connectivity index (χ3n) is 7.52. The van der Waals surface area contributed by atoms with Gasteiger partial charge in [-0.25, -0.2) is 4.98 Å². The van der Waals surface area contributed by atoms with Crippen molar-refractivity contribution in [2.24, 2.45) is 5.41 Å². The zero-order chi connectivity index (χ0) is 26.5. The molecule has 2 aromatic carbocycles. The minimum atomic E-state index is -0.839. The van der Waals surface area contributed by atoms with Crippen LogP contribution in [-0.2, 0) is 16.1 Å². The van der Waals surface area contributed by atoms with Gasteiger partial charge in [-0.05, 0) is 48.2 Å². The van der Waals surface area contributed by atoms with Crippen molar-refractivity contribution in [1.82, 2.24) is 30.5 Å². The number of unbranched alkanes of at least 4 members (excludes halogenated alkanes) is 1. The molecule has 1 aliphatic carbocycles. The topological polar surface area (TPSA) is 125 Å². The summed E-state index contributed by atoms with van der Waals surface area (Å²) in [6.07, 6.45) is 5.21. The molecule has 0 radical (unpaired) electrons. The summed E-state index contributed by atoms with van der Waals surface area (Å²) in [4.78, 5) is 31.9. The van der Waals surface area contributed by atoms with E-state index in [1.54, 1.807) is 4.90 Å². The Bertz CT molecular complexity index is 1410. The van der Waals surface area contributed by atoms with Crippen LogP contribution in [0.25, 0.3) is 33.5 Å². The van der Waals surface area contributed by atoms with Crippen molar-refractivity contribution in [3.8, 4) is 22.6 Å². The summed E-state index contributed by atoms with van der Waals surface area (Å²) in [6, 6.07) is 17.9. The van der Waals surface area contributed by atoms with Gasteiger partial charge in [0.15, 0.2) is 0 Å². The molecule has 2 N–H and O–H groups in total. The van der Waals surface area contributed by atoms with E-state index in [1.807, 2.05) is 54.6 Å². The zero-order valence-corrected chi connectivity index (χ0v) is 21.6. The van der Waals surface area contributed by atoms with Gasteiger partial charge in [0, 0.05) is 36.0 Å². The smallest absolute Gasteiger partial charge is 0.311 e. The average Bonchev–Trinajstić information content (AvgIpc) is 3.65. The molecule has 2 heterocycles. The van der Waals surface area contributed by atoms with Crippen LogP contribution in [0.3, 0.4) is 0 Å². The third kappa shape index (κ3) is 5.41. The summed E-state index contributed by atoms with van der Waals surface area (Å²) < 4.78 is 0. The van der Waals surface area contributed by atoms with E-state index >= 15 is 0 Å². The van der Waals surface area contributed by atoms with Crippen LogP contribution in [0.15, 0.2) is 54.6 Å². The fourth-order valence-corrected chi connectivity index (χ4v) is 5.30. The second-order valence-corrected chi connectivity index (χ2v) is 10.2. The van der Waals surface area contributed by atoms with Gasteiger partial charge >= 0.3 is 5.97 Å². The standard InChI is InChI=1S/C29H32N6O3/c1-2-3-6-26(36)35(19-29(28(37)38)15-4-5-16-29)18-20-7-13-25-23(17-20)12-14-24(30-25)21-8-10-22(11-9-21)27-31-33-34-32-27/h7-14,17H,2-6,15-16,18-19H2,1H3,(H,37,38)(H,31,32,33,34). The lowest BCUT2D eigenvalue weighted by atomic mass is 9.85. The van der Waals surface area contributed by atoms with Crippen molar-refractivity contribution in [2.45, 2.75) is 58.4 Å². The second kappa shape index (κ2) is 11.1. The molecule has 9 heteroatoms. The van der Waals surface area contributed by atoms with Gasteiger partial charge in [0.25, 0.3) is 0 Å². The number of rotatable bonds is 10. The molecule has 0 spiro atoms. The molecule has 1 fully saturated rings. The highest BCUT2D eigenvalue weighted by atomic mass is 16.4. The Labute approximate surface area is 221 Å². The van der Waals surface area contributed by atoms with E-state index < -0.39 is 11.4 Å². The number of benzene rings is 2. The number of carbonyl (C=O) groups is 2. The lowest BCUT2D eigenvalue weighted by molar-refractivity contribution is -0.151. The van der Waals surface area contributed by atoms with Gasteiger partial charge in [-0.2, -0.15) is 5.21 Å². The van der Waals surface area contributed by atoms with Crippen molar-refractivity contribution in [1.29, 1.82) is 0 Å². The number of pyridine rings is 1. The number of tetrazole rings is 1. The number of fused-ring (bicyclic) bond motifs is 1. The van der Waals surface area contributed by atoms with Gasteiger partial charge in [-0.15, -0.1) is 10.2 Å². The van der Waals surface area contributed by atoms with Crippen LogP contribution in [0.5, 0.6) is 0 Å². The van der Waals surface area contributed by atoms with Crippen LogP contribution in [-0.4, -0.2) is 54.0 Å². The molecule has 5 rings (SSSR count). The number of aromatic nitrogens is 5. The number of carboxylic acids is 1. The Morgan fingerprint density at radius 3 is 2.47 bits per heavy atom. The van der Waals surface area contributed by atoms with Crippen molar-refractivity contribution in [2.75, 3.05) is 6.54 Å². The molecule has 38 heavy (non-hydrogen) atoms. The van der Waals surface area contributed by atoms with Crippen LogP contribution >= 0.6 is 0 Å². The maximum absolute atomic E-state index is 13.1. The summed E-state index contributed by atoms with van der Waals surface area (Å²) in [5.74, 6) is -0.221. The molecule has 1 aliphatic rings. The molecule has 9 nitrogen and oxygen atoms in total. The maximum Gasteiger partial charge on any atom is 0.311 e. The Balaban J connectivity index is 1.36. The molecule has 2 aromatic heterocycles. The molecule has 0 saturated heterocycles. The van der Waals surface area contributed by atoms with Gasteiger partial charge in [-0.3, -0.25) is 9.59 Å². The predicted octanol–water partition coefficient (Wildman–Crippen LogP) is 5.25. The Hall–Kier alpha value is -4.14. The number of hydrogen-bond donors (Lipinski definition) is 2. The number of hydrogen-bond acceptors (Lipinski definition) is 6. The number of carboxylic acid groups (broad SMARTS) is 1. The number of nitrogens with one attached hydrogen (secondary N) is 1.